The molecule has 110 valence electrons. The van der Waals surface area contributed by atoms with Crippen molar-refractivity contribution in [3.63, 3.8) is 0 Å². The molecule has 2 N–H and O–H groups in total. The number of halogens is 1. The van der Waals surface area contributed by atoms with Crippen LogP contribution in [0.1, 0.15) is 38.7 Å². The maximum Gasteiger partial charge on any atom is 0.230 e. The highest BCUT2D eigenvalue weighted by Gasteiger charge is 2.45. The highest BCUT2D eigenvalue weighted by Crippen LogP contribution is 2.44. The van der Waals surface area contributed by atoms with Crippen LogP contribution < -0.4 is 10.6 Å². The van der Waals surface area contributed by atoms with Crippen LogP contribution in [0.5, 0.6) is 0 Å². The van der Waals surface area contributed by atoms with Gasteiger partial charge in [0.25, 0.3) is 0 Å². The molecule has 1 aliphatic rings. The second-order valence-corrected chi connectivity index (χ2v) is 6.53. The lowest BCUT2D eigenvalue weighted by Gasteiger charge is -2.41. The van der Waals surface area contributed by atoms with E-state index in [0.717, 1.165) is 35.8 Å². The van der Waals surface area contributed by atoms with Gasteiger partial charge in [-0.2, -0.15) is 0 Å². The molecule has 4 heteroatoms. The van der Waals surface area contributed by atoms with Crippen LogP contribution in [-0.2, 0) is 10.2 Å². The van der Waals surface area contributed by atoms with Crippen LogP contribution in [0, 0.1) is 0 Å². The van der Waals surface area contributed by atoms with E-state index in [-0.39, 0.29) is 11.3 Å². The highest BCUT2D eigenvalue weighted by atomic mass is 79.9. The van der Waals surface area contributed by atoms with Crippen molar-refractivity contribution in [3.8, 4) is 0 Å². The SMILES string of the molecule is CCN[C@H](C)CNC(=O)C1(c2ccc(Br)cc2)CCC1. The summed E-state index contributed by atoms with van der Waals surface area (Å²) >= 11 is 3.45. The van der Waals surface area contributed by atoms with Crippen molar-refractivity contribution in [1.82, 2.24) is 10.6 Å². The number of likely N-dealkylation sites (N-methyl/N-ethyl adjacent to an activating group) is 1. The summed E-state index contributed by atoms with van der Waals surface area (Å²) in [6, 6.07) is 8.48. The molecule has 0 aliphatic heterocycles. The summed E-state index contributed by atoms with van der Waals surface area (Å²) in [6.45, 7) is 5.78. The van der Waals surface area contributed by atoms with E-state index < -0.39 is 0 Å². The molecule has 0 spiro atoms. The minimum atomic E-state index is -0.299. The number of hydrogen-bond acceptors (Lipinski definition) is 2. The van der Waals surface area contributed by atoms with Crippen LogP contribution in [0.3, 0.4) is 0 Å². The molecule has 3 nitrogen and oxygen atoms in total. The minimum absolute atomic E-state index is 0.177. The predicted octanol–water partition coefficient (Wildman–Crippen LogP) is 2.99. The fraction of sp³-hybridized carbons (Fsp3) is 0.562. The van der Waals surface area contributed by atoms with Crippen molar-refractivity contribution >= 4 is 21.8 Å². The first-order chi connectivity index (χ1) is 9.58. The van der Waals surface area contributed by atoms with Crippen LogP contribution in [0.2, 0.25) is 0 Å². The number of amides is 1. The molecule has 2 rings (SSSR count). The van der Waals surface area contributed by atoms with Crippen LogP contribution >= 0.6 is 15.9 Å². The van der Waals surface area contributed by atoms with E-state index in [2.05, 4.69) is 52.5 Å². The largest absolute Gasteiger partial charge is 0.354 e. The quantitative estimate of drug-likeness (QED) is 0.837. The summed E-state index contributed by atoms with van der Waals surface area (Å²) in [5.41, 5.74) is 0.840. The van der Waals surface area contributed by atoms with Crippen molar-refractivity contribution < 1.29 is 4.79 Å². The molecule has 1 atom stereocenters. The maximum atomic E-state index is 12.6. The normalized spacial score (nSPS) is 18.1. The summed E-state index contributed by atoms with van der Waals surface area (Å²) in [5.74, 6) is 0.177. The summed E-state index contributed by atoms with van der Waals surface area (Å²) in [4.78, 5) is 12.6. The Kier molecular flexibility index (Phi) is 5.22. The van der Waals surface area contributed by atoms with Gasteiger partial charge in [0, 0.05) is 17.1 Å². The second kappa shape index (κ2) is 6.72. The molecule has 0 radical (unpaired) electrons. The van der Waals surface area contributed by atoms with Gasteiger partial charge in [0.05, 0.1) is 5.41 Å². The van der Waals surface area contributed by atoms with Gasteiger partial charge in [0.2, 0.25) is 5.91 Å². The second-order valence-electron chi connectivity index (χ2n) is 5.61. The molecule has 1 saturated carbocycles. The zero-order valence-electron chi connectivity index (χ0n) is 12.2. The van der Waals surface area contributed by atoms with Crippen molar-refractivity contribution in [2.75, 3.05) is 13.1 Å². The molecule has 1 fully saturated rings. The molecule has 1 aromatic carbocycles. The Bertz CT molecular complexity index is 454. The number of hydrogen-bond donors (Lipinski definition) is 2. The minimum Gasteiger partial charge on any atom is -0.354 e. The average Bonchev–Trinajstić information content (AvgIpc) is 2.38. The van der Waals surface area contributed by atoms with Crippen LogP contribution in [0.25, 0.3) is 0 Å². The number of rotatable bonds is 6. The number of nitrogens with one attached hydrogen (secondary N) is 2. The van der Waals surface area contributed by atoms with Gasteiger partial charge in [-0.25, -0.2) is 0 Å². The molecule has 0 unspecified atom stereocenters. The van der Waals surface area contributed by atoms with Gasteiger partial charge in [0.15, 0.2) is 0 Å². The molecule has 0 aromatic heterocycles. The summed E-state index contributed by atoms with van der Waals surface area (Å²) in [6.07, 6.45) is 3.04. The third kappa shape index (κ3) is 3.23. The van der Waals surface area contributed by atoms with E-state index in [0.29, 0.717) is 12.6 Å². The summed E-state index contributed by atoms with van der Waals surface area (Å²) < 4.78 is 1.05. The Morgan fingerprint density at radius 1 is 1.35 bits per heavy atom. The van der Waals surface area contributed by atoms with Gasteiger partial charge in [0.1, 0.15) is 0 Å². The van der Waals surface area contributed by atoms with Gasteiger partial charge < -0.3 is 10.6 Å². The first kappa shape index (κ1) is 15.5. The molecule has 1 aromatic rings. The van der Waals surface area contributed by atoms with Gasteiger partial charge in [-0.3, -0.25) is 4.79 Å². The van der Waals surface area contributed by atoms with Crippen LogP contribution in [0.4, 0.5) is 0 Å². The van der Waals surface area contributed by atoms with E-state index in [1.54, 1.807) is 0 Å². The molecule has 0 heterocycles. The number of carbonyl (C=O) groups excluding carboxylic acids is 1. The van der Waals surface area contributed by atoms with E-state index >= 15 is 0 Å². The lowest BCUT2D eigenvalue weighted by molar-refractivity contribution is -0.130. The van der Waals surface area contributed by atoms with E-state index in [4.69, 9.17) is 0 Å². The number of benzene rings is 1. The third-order valence-electron chi connectivity index (χ3n) is 4.16. The zero-order chi connectivity index (χ0) is 14.6. The van der Waals surface area contributed by atoms with Crippen LogP contribution in [-0.4, -0.2) is 25.0 Å². The summed E-state index contributed by atoms with van der Waals surface area (Å²) in [7, 11) is 0. The zero-order valence-corrected chi connectivity index (χ0v) is 13.8. The first-order valence-electron chi connectivity index (χ1n) is 7.36. The molecule has 20 heavy (non-hydrogen) atoms. The van der Waals surface area contributed by atoms with Gasteiger partial charge >= 0.3 is 0 Å². The van der Waals surface area contributed by atoms with E-state index in [1.165, 1.54) is 0 Å². The molecule has 0 saturated heterocycles. The Morgan fingerprint density at radius 2 is 2.00 bits per heavy atom. The van der Waals surface area contributed by atoms with Crippen LogP contribution in [0.15, 0.2) is 28.7 Å². The molecule has 1 amide bonds. The Morgan fingerprint density at radius 3 is 2.50 bits per heavy atom. The Labute approximate surface area is 129 Å². The molecular formula is C16H23BrN2O. The lowest BCUT2D eigenvalue weighted by atomic mass is 9.64. The standard InChI is InChI=1S/C16H23BrN2O/c1-3-18-12(2)11-19-15(20)16(9-4-10-16)13-5-7-14(17)8-6-13/h5-8,12,18H,3-4,9-11H2,1-2H3,(H,19,20)/t12-/m1/s1. The topological polar surface area (TPSA) is 41.1 Å². The summed E-state index contributed by atoms with van der Waals surface area (Å²) in [5, 5.41) is 6.42. The molecule has 0 bridgehead atoms. The van der Waals surface area contributed by atoms with E-state index in [9.17, 15) is 4.79 Å². The van der Waals surface area contributed by atoms with Gasteiger partial charge in [-0.1, -0.05) is 41.4 Å². The third-order valence-corrected chi connectivity index (χ3v) is 4.69. The Hall–Kier alpha value is -0.870. The average molecular weight is 339 g/mol. The van der Waals surface area contributed by atoms with Crippen molar-refractivity contribution in [2.45, 2.75) is 44.6 Å². The monoisotopic (exact) mass is 338 g/mol. The fourth-order valence-electron chi connectivity index (χ4n) is 2.78. The van der Waals surface area contributed by atoms with E-state index in [1.807, 2.05) is 12.1 Å². The Balaban J connectivity index is 2.03. The maximum absolute atomic E-state index is 12.6. The van der Waals surface area contributed by atoms with Gasteiger partial charge in [-0.05, 0) is 44.0 Å². The predicted molar refractivity (Wildman–Crippen MR) is 85.8 cm³/mol. The lowest BCUT2D eigenvalue weighted by Crippen LogP contribution is -2.51. The highest BCUT2D eigenvalue weighted by molar-refractivity contribution is 9.10. The first-order valence-corrected chi connectivity index (χ1v) is 8.15. The molecular weight excluding hydrogens is 316 g/mol. The van der Waals surface area contributed by atoms with Crippen molar-refractivity contribution in [1.29, 1.82) is 0 Å². The van der Waals surface area contributed by atoms with Crippen molar-refractivity contribution in [3.05, 3.63) is 34.3 Å². The fourth-order valence-corrected chi connectivity index (χ4v) is 3.05. The number of carbonyl (C=O) groups is 1. The van der Waals surface area contributed by atoms with Crippen molar-refractivity contribution in [2.24, 2.45) is 0 Å². The smallest absolute Gasteiger partial charge is 0.230 e. The van der Waals surface area contributed by atoms with Gasteiger partial charge in [-0.15, -0.1) is 0 Å². The molecule has 1 aliphatic carbocycles.